The van der Waals surface area contributed by atoms with Gasteiger partial charge in [0.25, 0.3) is 10.1 Å². The third-order valence-electron chi connectivity index (χ3n) is 1.85. The number of ether oxygens (including phenoxy) is 1. The molecule has 0 aliphatic carbocycles. The molecule has 8 heteroatoms. The van der Waals surface area contributed by atoms with Crippen LogP contribution in [0.15, 0.2) is 0 Å². The van der Waals surface area contributed by atoms with Crippen LogP contribution in [0.5, 0.6) is 0 Å². The van der Waals surface area contributed by atoms with E-state index in [0.29, 0.717) is 0 Å². The van der Waals surface area contributed by atoms with Crippen molar-refractivity contribution in [2.75, 3.05) is 12.9 Å². The van der Waals surface area contributed by atoms with Gasteiger partial charge in [0.2, 0.25) is 0 Å². The van der Waals surface area contributed by atoms with E-state index in [1.807, 2.05) is 0 Å². The number of rotatable bonds is 5. The zero-order valence-electron chi connectivity index (χ0n) is 10.3. The fourth-order valence-corrected chi connectivity index (χ4v) is 1.97. The molecule has 0 heterocycles. The second kappa shape index (κ2) is 5.63. The SMILES string of the molecule is CC(C)(C)C(OS(C)(=O)=O)[C@H](F)COC(N)=O. The predicted molar refractivity (Wildman–Crippen MR) is 59.6 cm³/mol. The van der Waals surface area contributed by atoms with Crippen molar-refractivity contribution in [3.63, 3.8) is 0 Å². The van der Waals surface area contributed by atoms with Crippen LogP contribution in [-0.2, 0) is 19.0 Å². The molecule has 0 saturated heterocycles. The molecule has 0 aromatic carbocycles. The van der Waals surface area contributed by atoms with Crippen molar-refractivity contribution in [3.05, 3.63) is 0 Å². The Hall–Kier alpha value is -0.890. The minimum atomic E-state index is -3.80. The first-order valence-electron chi connectivity index (χ1n) is 4.88. The highest BCUT2D eigenvalue weighted by Gasteiger charge is 2.37. The van der Waals surface area contributed by atoms with Crippen LogP contribution in [0.25, 0.3) is 0 Å². The number of primary amides is 1. The Bertz CT molecular complexity index is 362. The quantitative estimate of drug-likeness (QED) is 0.746. The van der Waals surface area contributed by atoms with Crippen molar-refractivity contribution in [3.8, 4) is 0 Å². The Balaban J connectivity index is 4.75. The fraction of sp³-hybridized carbons (Fsp3) is 0.889. The molecular weight excluding hydrogens is 253 g/mol. The average molecular weight is 271 g/mol. The normalized spacial score (nSPS) is 16.3. The van der Waals surface area contributed by atoms with Gasteiger partial charge in [-0.2, -0.15) is 8.42 Å². The number of halogens is 1. The maximum absolute atomic E-state index is 13.7. The molecule has 0 saturated carbocycles. The summed E-state index contributed by atoms with van der Waals surface area (Å²) in [5.74, 6) is 0. The van der Waals surface area contributed by atoms with Crippen LogP contribution < -0.4 is 5.73 Å². The summed E-state index contributed by atoms with van der Waals surface area (Å²) in [6.07, 6.45) is -3.33. The van der Waals surface area contributed by atoms with E-state index in [4.69, 9.17) is 5.73 Å². The molecule has 17 heavy (non-hydrogen) atoms. The molecule has 0 fully saturated rings. The standard InChI is InChI=1S/C9H18FNO5S/c1-9(2,3)7(16-17(4,13)14)6(10)5-15-8(11)12/h6-7H,5H2,1-4H3,(H2,11,12)/t6-,7?/m1/s1. The second-order valence-electron chi connectivity index (χ2n) is 4.73. The van der Waals surface area contributed by atoms with Crippen molar-refractivity contribution in [2.45, 2.75) is 33.0 Å². The van der Waals surface area contributed by atoms with Gasteiger partial charge in [0, 0.05) is 0 Å². The number of nitrogens with two attached hydrogens (primary N) is 1. The highest BCUT2D eigenvalue weighted by Crippen LogP contribution is 2.28. The molecule has 102 valence electrons. The number of amides is 1. The zero-order chi connectivity index (χ0) is 13.9. The summed E-state index contributed by atoms with van der Waals surface area (Å²) >= 11 is 0. The Kier molecular flexibility index (Phi) is 5.34. The van der Waals surface area contributed by atoms with Crippen LogP contribution in [0.2, 0.25) is 0 Å². The van der Waals surface area contributed by atoms with E-state index in [1.165, 1.54) is 0 Å². The topological polar surface area (TPSA) is 95.7 Å². The number of hydrogen-bond acceptors (Lipinski definition) is 5. The second-order valence-corrected chi connectivity index (χ2v) is 6.33. The maximum atomic E-state index is 13.7. The Morgan fingerprint density at radius 2 is 1.88 bits per heavy atom. The molecule has 0 aliphatic rings. The van der Waals surface area contributed by atoms with Crippen molar-refractivity contribution < 1.29 is 26.5 Å². The van der Waals surface area contributed by atoms with E-state index >= 15 is 0 Å². The molecule has 0 bridgehead atoms. The third-order valence-corrected chi connectivity index (χ3v) is 2.40. The van der Waals surface area contributed by atoms with Gasteiger partial charge in [0.1, 0.15) is 12.7 Å². The van der Waals surface area contributed by atoms with Gasteiger partial charge in [0.15, 0.2) is 6.17 Å². The molecule has 1 unspecified atom stereocenters. The number of alkyl halides is 1. The van der Waals surface area contributed by atoms with Gasteiger partial charge >= 0.3 is 6.09 Å². The Morgan fingerprint density at radius 3 is 2.18 bits per heavy atom. The van der Waals surface area contributed by atoms with E-state index in [-0.39, 0.29) is 0 Å². The summed E-state index contributed by atoms with van der Waals surface area (Å²) in [6, 6.07) is 0. The summed E-state index contributed by atoms with van der Waals surface area (Å²) < 4.78 is 44.7. The zero-order valence-corrected chi connectivity index (χ0v) is 11.1. The molecule has 0 radical (unpaired) electrons. The monoisotopic (exact) mass is 271 g/mol. The molecular formula is C9H18FNO5S. The maximum Gasteiger partial charge on any atom is 0.404 e. The van der Waals surface area contributed by atoms with Gasteiger partial charge in [-0.25, -0.2) is 9.18 Å². The van der Waals surface area contributed by atoms with E-state index < -0.39 is 40.5 Å². The van der Waals surface area contributed by atoms with Crippen LogP contribution in [-0.4, -0.2) is 39.6 Å². The number of hydrogen-bond donors (Lipinski definition) is 1. The van der Waals surface area contributed by atoms with Gasteiger partial charge in [-0.05, 0) is 5.41 Å². The van der Waals surface area contributed by atoms with Gasteiger partial charge in [-0.1, -0.05) is 20.8 Å². The van der Waals surface area contributed by atoms with E-state index in [0.717, 1.165) is 6.26 Å². The number of carbonyl (C=O) groups is 1. The Labute approximate surface area is 100 Å². The summed E-state index contributed by atoms with van der Waals surface area (Å²) in [5, 5.41) is 0. The fourth-order valence-electron chi connectivity index (χ4n) is 1.18. The minimum Gasteiger partial charge on any atom is -0.447 e. The summed E-state index contributed by atoms with van der Waals surface area (Å²) in [6.45, 7) is 4.19. The first kappa shape index (κ1) is 16.1. The van der Waals surface area contributed by atoms with E-state index in [9.17, 15) is 17.6 Å². The molecule has 0 aromatic rings. The molecule has 1 amide bonds. The van der Waals surface area contributed by atoms with Crippen LogP contribution in [0.1, 0.15) is 20.8 Å². The van der Waals surface area contributed by atoms with Gasteiger partial charge < -0.3 is 10.5 Å². The predicted octanol–water partition coefficient (Wildman–Crippen LogP) is 0.811. The van der Waals surface area contributed by atoms with E-state index in [1.54, 1.807) is 20.8 Å². The largest absolute Gasteiger partial charge is 0.447 e. The molecule has 2 atom stereocenters. The lowest BCUT2D eigenvalue weighted by Gasteiger charge is -2.31. The lowest BCUT2D eigenvalue weighted by Crippen LogP contribution is -2.42. The molecule has 2 N–H and O–H groups in total. The lowest BCUT2D eigenvalue weighted by molar-refractivity contribution is -0.00744. The van der Waals surface area contributed by atoms with Crippen LogP contribution >= 0.6 is 0 Å². The molecule has 6 nitrogen and oxygen atoms in total. The van der Waals surface area contributed by atoms with E-state index in [2.05, 4.69) is 8.92 Å². The van der Waals surface area contributed by atoms with Crippen LogP contribution in [0.4, 0.5) is 9.18 Å². The van der Waals surface area contributed by atoms with Crippen LogP contribution in [0, 0.1) is 5.41 Å². The van der Waals surface area contributed by atoms with Gasteiger partial charge in [-0.15, -0.1) is 0 Å². The van der Waals surface area contributed by atoms with Crippen molar-refractivity contribution in [2.24, 2.45) is 11.1 Å². The van der Waals surface area contributed by atoms with Crippen molar-refractivity contribution >= 4 is 16.2 Å². The van der Waals surface area contributed by atoms with Gasteiger partial charge in [0.05, 0.1) is 6.26 Å². The minimum absolute atomic E-state index is 0.646. The summed E-state index contributed by atoms with van der Waals surface area (Å²) in [5.41, 5.74) is 3.92. The molecule has 0 aliphatic heterocycles. The lowest BCUT2D eigenvalue weighted by atomic mass is 9.86. The number of carbonyl (C=O) groups excluding carboxylic acids is 1. The Morgan fingerprint density at radius 1 is 1.41 bits per heavy atom. The smallest absolute Gasteiger partial charge is 0.404 e. The molecule has 0 rings (SSSR count). The average Bonchev–Trinajstić information content (AvgIpc) is 2.07. The molecule has 0 aromatic heterocycles. The van der Waals surface area contributed by atoms with Crippen molar-refractivity contribution in [1.29, 1.82) is 0 Å². The molecule has 0 spiro atoms. The first-order chi connectivity index (χ1) is 7.43. The summed E-state index contributed by atoms with van der Waals surface area (Å²) in [7, 11) is -3.80. The third kappa shape index (κ3) is 7.11. The summed E-state index contributed by atoms with van der Waals surface area (Å²) in [4.78, 5) is 10.3. The van der Waals surface area contributed by atoms with Crippen LogP contribution in [0.3, 0.4) is 0 Å². The van der Waals surface area contributed by atoms with Gasteiger partial charge in [-0.3, -0.25) is 4.18 Å². The van der Waals surface area contributed by atoms with Crippen molar-refractivity contribution in [1.82, 2.24) is 0 Å². The highest BCUT2D eigenvalue weighted by molar-refractivity contribution is 7.86. The highest BCUT2D eigenvalue weighted by atomic mass is 32.2. The first-order valence-corrected chi connectivity index (χ1v) is 6.69.